The van der Waals surface area contributed by atoms with Crippen molar-refractivity contribution < 1.29 is 13.9 Å². The van der Waals surface area contributed by atoms with Crippen LogP contribution in [0.15, 0.2) is 67.9 Å². The van der Waals surface area contributed by atoms with E-state index < -0.39 is 5.82 Å². The van der Waals surface area contributed by atoms with Crippen molar-refractivity contribution in [1.29, 1.82) is 0 Å². The van der Waals surface area contributed by atoms with Gasteiger partial charge in [-0.2, -0.15) is 5.10 Å². The molecule has 3 aliphatic heterocycles. The molecule has 0 aliphatic carbocycles. The molecule has 3 saturated heterocycles. The van der Waals surface area contributed by atoms with Crippen LogP contribution in [0, 0.1) is 5.82 Å². The van der Waals surface area contributed by atoms with Crippen molar-refractivity contribution >= 4 is 51.5 Å². The summed E-state index contributed by atoms with van der Waals surface area (Å²) in [5.41, 5.74) is 1.77. The maximum Gasteiger partial charge on any atom is 0.246 e. The number of amides is 1. The molecule has 2 unspecified atom stereocenters. The molecule has 0 spiro atoms. The summed E-state index contributed by atoms with van der Waals surface area (Å²) in [7, 11) is 0. The Bertz CT molecular complexity index is 1800. The molecule has 2 atom stereocenters. The van der Waals surface area contributed by atoms with Crippen molar-refractivity contribution in [3.63, 3.8) is 0 Å². The van der Waals surface area contributed by atoms with Crippen LogP contribution in [0.1, 0.15) is 6.42 Å². The van der Waals surface area contributed by atoms with Crippen LogP contribution >= 0.6 is 11.6 Å². The van der Waals surface area contributed by atoms with Crippen molar-refractivity contribution in [2.45, 2.75) is 18.5 Å². The molecule has 8 rings (SSSR count). The zero-order valence-corrected chi connectivity index (χ0v) is 21.7. The highest BCUT2D eigenvalue weighted by molar-refractivity contribution is 6.32. The predicted octanol–water partition coefficient (Wildman–Crippen LogP) is 4.37. The number of hydrogen-bond acceptors (Lipinski definition) is 9. The second-order valence-electron chi connectivity index (χ2n) is 9.55. The van der Waals surface area contributed by atoms with Crippen molar-refractivity contribution in [2.75, 3.05) is 23.3 Å². The number of piperidine rings is 1. The number of anilines is 3. The zero-order valence-electron chi connectivity index (χ0n) is 20.9. The Hall–Kier alpha value is -4.84. The molecule has 40 heavy (non-hydrogen) atoms. The number of benzene rings is 1. The van der Waals surface area contributed by atoms with Gasteiger partial charge in [0.15, 0.2) is 17.3 Å². The standard InChI is InChI=1S/C27H21ClFN9O2/c1-2-23(39)38-15-9-16(38)12-36(11-15)21-6-4-19-26(35-21)27(32-13-30-19)34-18-3-5-20(24(28)25(18)29)40-17-7-8-37-22(10-17)31-14-33-37/h2-8,10,13-16H,1,9,11-12H2,(H,30,32,34). The Morgan fingerprint density at radius 1 is 1.12 bits per heavy atom. The van der Waals surface area contributed by atoms with Gasteiger partial charge in [0, 0.05) is 25.4 Å². The lowest BCUT2D eigenvalue weighted by Gasteiger charge is -2.56. The molecule has 7 heterocycles. The quantitative estimate of drug-likeness (QED) is 0.304. The average Bonchev–Trinajstić information content (AvgIpc) is 3.45. The number of nitrogens with one attached hydrogen (secondary N) is 1. The summed E-state index contributed by atoms with van der Waals surface area (Å²) < 4.78 is 22.8. The van der Waals surface area contributed by atoms with Gasteiger partial charge in [-0.1, -0.05) is 18.2 Å². The highest BCUT2D eigenvalue weighted by Gasteiger charge is 2.46. The highest BCUT2D eigenvalue weighted by Crippen LogP contribution is 2.38. The molecule has 11 nitrogen and oxygen atoms in total. The van der Waals surface area contributed by atoms with Gasteiger partial charge in [-0.15, -0.1) is 0 Å². The number of ether oxygens (including phenoxy) is 1. The van der Waals surface area contributed by atoms with E-state index in [1.165, 1.54) is 24.8 Å². The number of hydrogen-bond donors (Lipinski definition) is 1. The monoisotopic (exact) mass is 557 g/mol. The van der Waals surface area contributed by atoms with Crippen LogP contribution in [-0.2, 0) is 4.79 Å². The maximum absolute atomic E-state index is 15.4. The molecule has 13 heteroatoms. The van der Waals surface area contributed by atoms with Gasteiger partial charge in [-0.25, -0.2) is 28.8 Å². The predicted molar refractivity (Wildman–Crippen MR) is 147 cm³/mol. The van der Waals surface area contributed by atoms with E-state index in [1.54, 1.807) is 28.9 Å². The van der Waals surface area contributed by atoms with E-state index in [4.69, 9.17) is 21.3 Å². The van der Waals surface area contributed by atoms with Crippen molar-refractivity contribution in [3.8, 4) is 11.5 Å². The summed E-state index contributed by atoms with van der Waals surface area (Å²) in [5.74, 6) is 0.910. The van der Waals surface area contributed by atoms with E-state index in [0.717, 1.165) is 12.2 Å². The molecule has 4 aromatic heterocycles. The van der Waals surface area contributed by atoms with Gasteiger partial charge in [0.25, 0.3) is 0 Å². The van der Waals surface area contributed by atoms with Crippen LogP contribution in [0.3, 0.4) is 0 Å². The number of piperazine rings is 1. The number of rotatable bonds is 6. The molecule has 3 fully saturated rings. The fourth-order valence-corrected chi connectivity index (χ4v) is 5.48. The molecular weight excluding hydrogens is 537 g/mol. The first-order valence-corrected chi connectivity index (χ1v) is 12.9. The van der Waals surface area contributed by atoms with E-state index in [2.05, 4.69) is 36.8 Å². The minimum Gasteiger partial charge on any atom is -0.455 e. The minimum atomic E-state index is -0.700. The molecule has 200 valence electrons. The second kappa shape index (κ2) is 9.42. The van der Waals surface area contributed by atoms with E-state index in [-0.39, 0.29) is 34.5 Å². The summed E-state index contributed by atoms with van der Waals surface area (Å²) in [6.07, 6.45) is 6.83. The van der Waals surface area contributed by atoms with E-state index in [0.29, 0.717) is 41.3 Å². The first kappa shape index (κ1) is 24.2. The number of halogens is 2. The Kier molecular flexibility index (Phi) is 5.70. The smallest absolute Gasteiger partial charge is 0.246 e. The first-order chi connectivity index (χ1) is 19.5. The Labute approximate surface area is 231 Å². The van der Waals surface area contributed by atoms with Crippen molar-refractivity contribution in [2.24, 2.45) is 0 Å². The summed E-state index contributed by atoms with van der Waals surface area (Å²) in [5, 5.41) is 6.86. The van der Waals surface area contributed by atoms with E-state index >= 15 is 4.39 Å². The van der Waals surface area contributed by atoms with Crippen LogP contribution in [0.4, 0.5) is 21.7 Å². The van der Waals surface area contributed by atoms with Crippen LogP contribution in [0.25, 0.3) is 16.7 Å². The molecule has 0 radical (unpaired) electrons. The molecule has 1 amide bonds. The number of fused-ring (bicyclic) bond motifs is 4. The third-order valence-electron chi connectivity index (χ3n) is 7.19. The lowest BCUT2D eigenvalue weighted by molar-refractivity contribution is -0.140. The molecule has 1 aromatic carbocycles. The third-order valence-corrected chi connectivity index (χ3v) is 7.55. The maximum atomic E-state index is 15.4. The van der Waals surface area contributed by atoms with Gasteiger partial charge >= 0.3 is 0 Å². The lowest BCUT2D eigenvalue weighted by Crippen LogP contribution is -2.70. The van der Waals surface area contributed by atoms with E-state index in [9.17, 15) is 4.79 Å². The lowest BCUT2D eigenvalue weighted by atomic mass is 9.87. The Morgan fingerprint density at radius 2 is 1.98 bits per heavy atom. The molecule has 1 N–H and O–H groups in total. The zero-order chi connectivity index (χ0) is 27.4. The number of pyridine rings is 2. The van der Waals surface area contributed by atoms with Crippen LogP contribution in [0.5, 0.6) is 11.5 Å². The van der Waals surface area contributed by atoms with Crippen molar-refractivity contribution in [3.05, 3.63) is 78.7 Å². The Morgan fingerprint density at radius 3 is 2.80 bits per heavy atom. The largest absolute Gasteiger partial charge is 0.455 e. The van der Waals surface area contributed by atoms with Gasteiger partial charge in [0.2, 0.25) is 5.91 Å². The average molecular weight is 558 g/mol. The van der Waals surface area contributed by atoms with Gasteiger partial charge < -0.3 is 19.9 Å². The minimum absolute atomic E-state index is 0.0410. The fourth-order valence-electron chi connectivity index (χ4n) is 5.28. The molecule has 5 aromatic rings. The SMILES string of the molecule is C=CC(=O)N1C2CC1CN(c1ccc3ncnc(Nc4ccc(Oc5ccn6ncnc6c5)c(Cl)c4F)c3n1)C2. The van der Waals surface area contributed by atoms with E-state index in [1.807, 2.05) is 17.0 Å². The molecule has 0 saturated carbocycles. The van der Waals surface area contributed by atoms with Crippen LogP contribution in [-0.4, -0.2) is 65.5 Å². The molecule has 3 aliphatic rings. The van der Waals surface area contributed by atoms with Crippen molar-refractivity contribution in [1.82, 2.24) is 34.4 Å². The number of aromatic nitrogens is 6. The highest BCUT2D eigenvalue weighted by atomic mass is 35.5. The van der Waals surface area contributed by atoms with Crippen LogP contribution in [0.2, 0.25) is 5.02 Å². The summed E-state index contributed by atoms with van der Waals surface area (Å²) in [6, 6.07) is 10.4. The van der Waals surface area contributed by atoms with Crippen LogP contribution < -0.4 is 15.0 Å². The number of carbonyl (C=O) groups is 1. The number of carbonyl (C=O) groups excluding carboxylic acids is 1. The normalized spacial score (nSPS) is 18.1. The summed E-state index contributed by atoms with van der Waals surface area (Å²) >= 11 is 6.36. The van der Waals surface area contributed by atoms with Gasteiger partial charge in [-0.3, -0.25) is 4.79 Å². The topological polar surface area (TPSA) is 114 Å². The second-order valence-corrected chi connectivity index (χ2v) is 9.93. The summed E-state index contributed by atoms with van der Waals surface area (Å²) in [4.78, 5) is 33.7. The first-order valence-electron chi connectivity index (χ1n) is 12.5. The van der Waals surface area contributed by atoms with Gasteiger partial charge in [-0.05, 0) is 42.8 Å². The third kappa shape index (κ3) is 4.04. The summed E-state index contributed by atoms with van der Waals surface area (Å²) in [6.45, 7) is 4.94. The molecular formula is C27H21ClFN9O2. The fraction of sp³-hybridized carbons (Fsp3) is 0.185. The number of nitrogens with zero attached hydrogens (tertiary/aromatic N) is 8. The van der Waals surface area contributed by atoms with Gasteiger partial charge in [0.05, 0.1) is 23.3 Å². The Balaban J connectivity index is 1.14. The molecule has 2 bridgehead atoms. The van der Waals surface area contributed by atoms with Gasteiger partial charge in [0.1, 0.15) is 40.5 Å².